The normalized spacial score (nSPS) is 20.8. The van der Waals surface area contributed by atoms with Crippen molar-refractivity contribution >= 4 is 23.2 Å². The Hall–Kier alpha value is -1.29. The Balaban J connectivity index is 1.99. The van der Waals surface area contributed by atoms with E-state index in [2.05, 4.69) is 5.32 Å². The Labute approximate surface area is 132 Å². The largest absolute Gasteiger partial charge is 0.485 e. The SMILES string of the molecule is CNC1CC(c2ccc(Cl)cc2Cl)Oc2cc(F)ccc21. The molecule has 3 rings (SSSR count). The molecule has 1 N–H and O–H groups in total. The third-order valence-corrected chi connectivity index (χ3v) is 4.29. The maximum atomic E-state index is 13.4. The average molecular weight is 326 g/mol. The highest BCUT2D eigenvalue weighted by Gasteiger charge is 2.29. The van der Waals surface area contributed by atoms with Gasteiger partial charge in [0, 0.05) is 39.7 Å². The molecule has 2 atom stereocenters. The second-order valence-corrected chi connectivity index (χ2v) is 5.88. The van der Waals surface area contributed by atoms with Crippen molar-refractivity contribution in [1.29, 1.82) is 0 Å². The predicted molar refractivity (Wildman–Crippen MR) is 82.6 cm³/mol. The van der Waals surface area contributed by atoms with Crippen LogP contribution in [0.15, 0.2) is 36.4 Å². The van der Waals surface area contributed by atoms with E-state index in [9.17, 15) is 4.39 Å². The van der Waals surface area contributed by atoms with Crippen LogP contribution in [0.4, 0.5) is 4.39 Å². The summed E-state index contributed by atoms with van der Waals surface area (Å²) in [6.07, 6.45) is 0.484. The van der Waals surface area contributed by atoms with Gasteiger partial charge in [-0.1, -0.05) is 35.3 Å². The molecule has 0 amide bonds. The molecule has 0 fully saturated rings. The van der Waals surface area contributed by atoms with Crippen molar-refractivity contribution in [2.45, 2.75) is 18.6 Å². The van der Waals surface area contributed by atoms with Crippen LogP contribution in [0.3, 0.4) is 0 Å². The van der Waals surface area contributed by atoms with Gasteiger partial charge in [-0.25, -0.2) is 4.39 Å². The van der Waals surface area contributed by atoms with E-state index in [-0.39, 0.29) is 18.0 Å². The summed E-state index contributed by atoms with van der Waals surface area (Å²) in [5, 5.41) is 4.38. The zero-order chi connectivity index (χ0) is 15.0. The third kappa shape index (κ3) is 2.86. The molecular formula is C16H14Cl2FNO. The molecular weight excluding hydrogens is 312 g/mol. The number of hydrogen-bond acceptors (Lipinski definition) is 2. The fraction of sp³-hybridized carbons (Fsp3) is 0.250. The highest BCUT2D eigenvalue weighted by atomic mass is 35.5. The van der Waals surface area contributed by atoms with Gasteiger partial charge < -0.3 is 10.1 Å². The maximum absolute atomic E-state index is 13.4. The summed E-state index contributed by atoms with van der Waals surface area (Å²) >= 11 is 12.2. The van der Waals surface area contributed by atoms with Crippen molar-refractivity contribution in [1.82, 2.24) is 5.32 Å². The molecule has 2 aromatic rings. The second-order valence-electron chi connectivity index (χ2n) is 5.03. The van der Waals surface area contributed by atoms with E-state index in [0.29, 0.717) is 15.8 Å². The van der Waals surface area contributed by atoms with Crippen LogP contribution in [0, 0.1) is 5.82 Å². The molecule has 0 bridgehead atoms. The van der Waals surface area contributed by atoms with Crippen LogP contribution in [0.25, 0.3) is 0 Å². The standard InChI is InChI=1S/C16H14Cl2FNO/c1-20-14-8-16(11-4-2-9(17)6-13(11)18)21-15-7-10(19)3-5-12(14)15/h2-7,14,16,20H,8H2,1H3. The van der Waals surface area contributed by atoms with E-state index < -0.39 is 0 Å². The lowest BCUT2D eigenvalue weighted by Gasteiger charge is -2.32. The van der Waals surface area contributed by atoms with E-state index in [1.165, 1.54) is 12.1 Å². The van der Waals surface area contributed by atoms with Crippen molar-refractivity contribution in [3.05, 3.63) is 63.4 Å². The topological polar surface area (TPSA) is 21.3 Å². The molecule has 2 nitrogen and oxygen atoms in total. The van der Waals surface area contributed by atoms with Gasteiger partial charge in [0.15, 0.2) is 0 Å². The van der Waals surface area contributed by atoms with Gasteiger partial charge in [-0.2, -0.15) is 0 Å². The fourth-order valence-electron chi connectivity index (χ4n) is 2.67. The lowest BCUT2D eigenvalue weighted by atomic mass is 9.93. The van der Waals surface area contributed by atoms with Crippen LogP contribution in [-0.4, -0.2) is 7.05 Å². The molecule has 0 spiro atoms. The first-order valence-corrected chi connectivity index (χ1v) is 7.42. The van der Waals surface area contributed by atoms with Crippen LogP contribution in [0.5, 0.6) is 5.75 Å². The molecule has 2 aromatic carbocycles. The first-order chi connectivity index (χ1) is 10.1. The Morgan fingerprint density at radius 1 is 1.14 bits per heavy atom. The minimum atomic E-state index is -0.313. The molecule has 21 heavy (non-hydrogen) atoms. The van der Waals surface area contributed by atoms with E-state index in [1.807, 2.05) is 13.1 Å². The van der Waals surface area contributed by atoms with Crippen molar-refractivity contribution in [3.8, 4) is 5.75 Å². The number of fused-ring (bicyclic) bond motifs is 1. The zero-order valence-corrected chi connectivity index (χ0v) is 12.9. The minimum absolute atomic E-state index is 0.0890. The molecule has 1 aliphatic rings. The number of halogens is 3. The zero-order valence-electron chi connectivity index (χ0n) is 11.4. The number of nitrogens with one attached hydrogen (secondary N) is 1. The quantitative estimate of drug-likeness (QED) is 0.846. The summed E-state index contributed by atoms with van der Waals surface area (Å²) in [6.45, 7) is 0. The summed E-state index contributed by atoms with van der Waals surface area (Å²) in [5.41, 5.74) is 1.82. The van der Waals surface area contributed by atoms with Gasteiger partial charge in [0.25, 0.3) is 0 Å². The van der Waals surface area contributed by atoms with Gasteiger partial charge in [-0.05, 0) is 25.2 Å². The highest BCUT2D eigenvalue weighted by Crippen LogP contribution is 2.42. The van der Waals surface area contributed by atoms with Crippen molar-refractivity contribution in [2.24, 2.45) is 0 Å². The van der Waals surface area contributed by atoms with Crippen LogP contribution < -0.4 is 10.1 Å². The van der Waals surface area contributed by atoms with E-state index in [4.69, 9.17) is 27.9 Å². The molecule has 0 radical (unpaired) electrons. The number of hydrogen-bond donors (Lipinski definition) is 1. The third-order valence-electron chi connectivity index (χ3n) is 3.73. The van der Waals surface area contributed by atoms with E-state index in [0.717, 1.165) is 17.5 Å². The molecule has 0 saturated heterocycles. The van der Waals surface area contributed by atoms with Gasteiger partial charge in [0.2, 0.25) is 0 Å². The highest BCUT2D eigenvalue weighted by molar-refractivity contribution is 6.35. The predicted octanol–water partition coefficient (Wildman–Crippen LogP) is 4.92. The lowest BCUT2D eigenvalue weighted by Crippen LogP contribution is -2.27. The van der Waals surface area contributed by atoms with Gasteiger partial charge in [0.1, 0.15) is 17.7 Å². The smallest absolute Gasteiger partial charge is 0.127 e. The monoisotopic (exact) mass is 325 g/mol. The summed E-state index contributed by atoms with van der Waals surface area (Å²) in [6, 6.07) is 10.0. The molecule has 110 valence electrons. The lowest BCUT2D eigenvalue weighted by molar-refractivity contribution is 0.153. The van der Waals surface area contributed by atoms with Gasteiger partial charge in [-0.15, -0.1) is 0 Å². The Morgan fingerprint density at radius 3 is 2.62 bits per heavy atom. The van der Waals surface area contributed by atoms with Crippen LogP contribution in [0.2, 0.25) is 10.0 Å². The van der Waals surface area contributed by atoms with Crippen molar-refractivity contribution in [2.75, 3.05) is 7.05 Å². The minimum Gasteiger partial charge on any atom is -0.485 e. The molecule has 0 saturated carbocycles. The van der Waals surface area contributed by atoms with Gasteiger partial charge >= 0.3 is 0 Å². The maximum Gasteiger partial charge on any atom is 0.127 e. The molecule has 0 aromatic heterocycles. The van der Waals surface area contributed by atoms with Crippen LogP contribution in [0.1, 0.15) is 29.7 Å². The first kappa shape index (κ1) is 14.6. The van der Waals surface area contributed by atoms with E-state index in [1.54, 1.807) is 18.2 Å². The molecule has 2 unspecified atom stereocenters. The Morgan fingerprint density at radius 2 is 1.90 bits per heavy atom. The first-order valence-electron chi connectivity index (χ1n) is 6.67. The molecule has 0 aliphatic carbocycles. The van der Waals surface area contributed by atoms with Crippen molar-refractivity contribution in [3.63, 3.8) is 0 Å². The summed E-state index contributed by atoms with van der Waals surface area (Å²) in [5.74, 6) is 0.239. The average Bonchev–Trinajstić information content (AvgIpc) is 2.45. The van der Waals surface area contributed by atoms with Gasteiger partial charge in [0.05, 0.1) is 0 Å². The summed E-state index contributed by atoms with van der Waals surface area (Å²) in [7, 11) is 1.88. The Bertz CT molecular complexity index is 677. The van der Waals surface area contributed by atoms with Crippen LogP contribution >= 0.6 is 23.2 Å². The summed E-state index contributed by atoms with van der Waals surface area (Å²) < 4.78 is 19.4. The van der Waals surface area contributed by atoms with Crippen molar-refractivity contribution < 1.29 is 9.13 Å². The Kier molecular flexibility index (Phi) is 4.07. The van der Waals surface area contributed by atoms with Gasteiger partial charge in [-0.3, -0.25) is 0 Å². The number of rotatable bonds is 2. The number of ether oxygens (including phenoxy) is 1. The van der Waals surface area contributed by atoms with Crippen LogP contribution in [-0.2, 0) is 0 Å². The molecule has 5 heteroatoms. The van der Waals surface area contributed by atoms with E-state index >= 15 is 0 Å². The molecule has 1 aliphatic heterocycles. The summed E-state index contributed by atoms with van der Waals surface area (Å²) in [4.78, 5) is 0. The fourth-order valence-corrected chi connectivity index (χ4v) is 3.20. The second kappa shape index (κ2) is 5.84. The molecule has 1 heterocycles. The number of benzene rings is 2.